The summed E-state index contributed by atoms with van der Waals surface area (Å²) in [4.78, 5) is 17.1. The van der Waals surface area contributed by atoms with Gasteiger partial charge in [0, 0.05) is 5.69 Å². The molecule has 0 fully saturated rings. The molecule has 1 aromatic carbocycles. The number of rotatable bonds is 3. The van der Waals surface area contributed by atoms with Crippen LogP contribution in [0.5, 0.6) is 0 Å². The van der Waals surface area contributed by atoms with Crippen molar-refractivity contribution >= 4 is 22.9 Å². The monoisotopic (exact) mass is 276 g/mol. The van der Waals surface area contributed by atoms with Crippen LogP contribution in [0.25, 0.3) is 0 Å². The minimum Gasteiger partial charge on any atom is -0.392 e. The fourth-order valence-corrected chi connectivity index (χ4v) is 2.64. The molecule has 0 radical (unpaired) electrons. The second-order valence-electron chi connectivity index (χ2n) is 4.41. The molecule has 19 heavy (non-hydrogen) atoms. The second-order valence-corrected chi connectivity index (χ2v) is 5.61. The van der Waals surface area contributed by atoms with Crippen LogP contribution in [0.1, 0.15) is 31.5 Å². The van der Waals surface area contributed by atoms with Crippen molar-refractivity contribution in [3.63, 3.8) is 0 Å². The molecule has 2 rings (SSSR count). The zero-order valence-electron chi connectivity index (χ0n) is 11.2. The molecule has 4 nitrogen and oxygen atoms in total. The molecule has 0 saturated heterocycles. The quantitative estimate of drug-likeness (QED) is 0.906. The van der Waals surface area contributed by atoms with Crippen molar-refractivity contribution in [2.45, 2.75) is 27.4 Å². The van der Waals surface area contributed by atoms with Crippen molar-refractivity contribution in [1.82, 2.24) is 4.98 Å². The van der Waals surface area contributed by atoms with E-state index in [0.717, 1.165) is 27.5 Å². The maximum atomic E-state index is 12.2. The molecule has 0 aliphatic rings. The Morgan fingerprint density at radius 1 is 1.37 bits per heavy atom. The van der Waals surface area contributed by atoms with Crippen molar-refractivity contribution in [3.05, 3.63) is 44.9 Å². The maximum absolute atomic E-state index is 12.2. The smallest absolute Gasteiger partial charge is 0.267 e. The third kappa shape index (κ3) is 3.00. The number of nitrogens with zero attached hydrogens (tertiary/aromatic N) is 1. The first-order valence-electron chi connectivity index (χ1n) is 5.97. The summed E-state index contributed by atoms with van der Waals surface area (Å²) in [7, 11) is 0. The molecule has 1 aromatic heterocycles. The number of anilines is 1. The highest BCUT2D eigenvalue weighted by molar-refractivity contribution is 7.13. The van der Waals surface area contributed by atoms with E-state index in [-0.39, 0.29) is 12.5 Å². The van der Waals surface area contributed by atoms with Crippen molar-refractivity contribution in [2.75, 3.05) is 5.32 Å². The molecule has 0 aliphatic carbocycles. The Balaban J connectivity index is 2.26. The molecular formula is C14H16N2O2S. The number of thiazole rings is 1. The van der Waals surface area contributed by atoms with Gasteiger partial charge in [-0.05, 0) is 38.0 Å². The number of amides is 1. The molecule has 2 N–H and O–H groups in total. The Labute approximate surface area is 116 Å². The number of carbonyl (C=O) groups excluding carboxylic acids is 1. The number of aliphatic hydroxyl groups is 1. The van der Waals surface area contributed by atoms with Crippen molar-refractivity contribution in [1.29, 1.82) is 0 Å². The first-order chi connectivity index (χ1) is 9.01. The van der Waals surface area contributed by atoms with Crippen LogP contribution >= 0.6 is 11.3 Å². The number of carbonyl (C=O) groups is 1. The number of hydrogen-bond donors (Lipinski definition) is 2. The lowest BCUT2D eigenvalue weighted by Crippen LogP contribution is -2.12. The molecule has 2 aromatic rings. The predicted molar refractivity (Wildman–Crippen MR) is 76.6 cm³/mol. The van der Waals surface area contributed by atoms with E-state index in [4.69, 9.17) is 5.11 Å². The Kier molecular flexibility index (Phi) is 3.97. The first-order valence-corrected chi connectivity index (χ1v) is 6.78. The molecule has 1 heterocycles. The van der Waals surface area contributed by atoms with Crippen LogP contribution in [-0.2, 0) is 6.61 Å². The molecule has 0 saturated carbocycles. The van der Waals surface area contributed by atoms with E-state index in [0.29, 0.717) is 4.88 Å². The Bertz CT molecular complexity index is 620. The molecule has 0 atom stereocenters. The van der Waals surface area contributed by atoms with E-state index in [2.05, 4.69) is 10.3 Å². The second kappa shape index (κ2) is 5.50. The van der Waals surface area contributed by atoms with Gasteiger partial charge in [0.25, 0.3) is 5.91 Å². The lowest BCUT2D eigenvalue weighted by molar-refractivity contribution is 0.102. The standard InChI is InChI=1S/C14H16N2O2S/c1-8-4-5-11(7-17)6-12(8)16-14(18)13-9(2)15-10(3)19-13/h4-6,17H,7H2,1-3H3,(H,16,18). The summed E-state index contributed by atoms with van der Waals surface area (Å²) < 4.78 is 0. The third-order valence-corrected chi connectivity index (χ3v) is 3.91. The van der Waals surface area contributed by atoms with Gasteiger partial charge >= 0.3 is 0 Å². The zero-order chi connectivity index (χ0) is 14.0. The molecule has 0 spiro atoms. The maximum Gasteiger partial charge on any atom is 0.267 e. The van der Waals surface area contributed by atoms with Gasteiger partial charge in [-0.2, -0.15) is 0 Å². The Hall–Kier alpha value is -1.72. The van der Waals surface area contributed by atoms with Gasteiger partial charge in [0.15, 0.2) is 0 Å². The number of aryl methyl sites for hydroxylation is 3. The van der Waals surface area contributed by atoms with Crippen LogP contribution in [0, 0.1) is 20.8 Å². The van der Waals surface area contributed by atoms with Gasteiger partial charge < -0.3 is 10.4 Å². The number of aliphatic hydroxyl groups excluding tert-OH is 1. The average Bonchev–Trinajstić information content (AvgIpc) is 2.71. The lowest BCUT2D eigenvalue weighted by Gasteiger charge is -2.09. The van der Waals surface area contributed by atoms with Crippen LogP contribution < -0.4 is 5.32 Å². The van der Waals surface area contributed by atoms with Crippen molar-refractivity contribution < 1.29 is 9.90 Å². The highest BCUT2D eigenvalue weighted by atomic mass is 32.1. The molecule has 0 aliphatic heterocycles. The summed E-state index contributed by atoms with van der Waals surface area (Å²) in [6, 6.07) is 5.51. The fraction of sp³-hybridized carbons (Fsp3) is 0.286. The molecule has 0 bridgehead atoms. The van der Waals surface area contributed by atoms with E-state index in [1.54, 1.807) is 6.07 Å². The zero-order valence-corrected chi connectivity index (χ0v) is 12.0. The SMILES string of the molecule is Cc1nc(C)c(C(=O)Nc2cc(CO)ccc2C)s1. The van der Waals surface area contributed by atoms with Gasteiger partial charge in [-0.15, -0.1) is 11.3 Å². The van der Waals surface area contributed by atoms with Crippen molar-refractivity contribution in [3.8, 4) is 0 Å². The number of hydrogen-bond acceptors (Lipinski definition) is 4. The predicted octanol–water partition coefficient (Wildman–Crippen LogP) is 2.81. The van der Waals surface area contributed by atoms with Gasteiger partial charge in [-0.25, -0.2) is 4.98 Å². The topological polar surface area (TPSA) is 62.2 Å². The number of nitrogens with one attached hydrogen (secondary N) is 1. The largest absolute Gasteiger partial charge is 0.392 e. The summed E-state index contributed by atoms with van der Waals surface area (Å²) in [5, 5.41) is 12.9. The van der Waals surface area contributed by atoms with Gasteiger partial charge in [-0.3, -0.25) is 4.79 Å². The Morgan fingerprint density at radius 2 is 2.11 bits per heavy atom. The molecule has 100 valence electrons. The highest BCUT2D eigenvalue weighted by Gasteiger charge is 2.14. The van der Waals surface area contributed by atoms with E-state index in [9.17, 15) is 4.79 Å². The minimum absolute atomic E-state index is 0.0398. The third-order valence-electron chi connectivity index (χ3n) is 2.84. The van der Waals surface area contributed by atoms with Crippen LogP contribution in [0.4, 0.5) is 5.69 Å². The highest BCUT2D eigenvalue weighted by Crippen LogP contribution is 2.21. The van der Waals surface area contributed by atoms with E-state index in [1.807, 2.05) is 32.9 Å². The summed E-state index contributed by atoms with van der Waals surface area (Å²) in [5.41, 5.74) is 3.21. The van der Waals surface area contributed by atoms with E-state index in [1.165, 1.54) is 11.3 Å². The molecule has 0 unspecified atom stereocenters. The van der Waals surface area contributed by atoms with Crippen LogP contribution in [0.15, 0.2) is 18.2 Å². The van der Waals surface area contributed by atoms with E-state index >= 15 is 0 Å². The van der Waals surface area contributed by atoms with E-state index < -0.39 is 0 Å². The van der Waals surface area contributed by atoms with Crippen LogP contribution in [0.3, 0.4) is 0 Å². The average molecular weight is 276 g/mol. The lowest BCUT2D eigenvalue weighted by atomic mass is 10.1. The summed E-state index contributed by atoms with van der Waals surface area (Å²) in [6.45, 7) is 5.59. The van der Waals surface area contributed by atoms with Gasteiger partial charge in [0.2, 0.25) is 0 Å². The minimum atomic E-state index is -0.152. The normalized spacial score (nSPS) is 10.5. The van der Waals surface area contributed by atoms with Crippen LogP contribution in [0.2, 0.25) is 0 Å². The number of aromatic nitrogens is 1. The van der Waals surface area contributed by atoms with Gasteiger partial charge in [0.1, 0.15) is 4.88 Å². The number of benzene rings is 1. The summed E-state index contributed by atoms with van der Waals surface area (Å²) >= 11 is 1.38. The molecular weight excluding hydrogens is 260 g/mol. The summed E-state index contributed by atoms with van der Waals surface area (Å²) in [5.74, 6) is -0.152. The first kappa shape index (κ1) is 13.7. The van der Waals surface area contributed by atoms with Gasteiger partial charge in [-0.1, -0.05) is 12.1 Å². The molecule has 5 heteroatoms. The Morgan fingerprint density at radius 3 is 2.68 bits per heavy atom. The summed E-state index contributed by atoms with van der Waals surface area (Å²) in [6.07, 6.45) is 0. The van der Waals surface area contributed by atoms with Crippen LogP contribution in [-0.4, -0.2) is 16.0 Å². The van der Waals surface area contributed by atoms with Gasteiger partial charge in [0.05, 0.1) is 17.3 Å². The molecule has 1 amide bonds. The van der Waals surface area contributed by atoms with Crippen molar-refractivity contribution in [2.24, 2.45) is 0 Å². The fourth-order valence-electron chi connectivity index (χ4n) is 1.82.